The summed E-state index contributed by atoms with van der Waals surface area (Å²) in [7, 11) is 1.63. The van der Waals surface area contributed by atoms with Gasteiger partial charge in [0, 0.05) is 11.6 Å². The number of ether oxygens (including phenoxy) is 1. The number of nitrogens with zero attached hydrogens (tertiary/aromatic N) is 2. The Balaban J connectivity index is 2.63. The second-order valence-corrected chi connectivity index (χ2v) is 5.06. The quantitative estimate of drug-likeness (QED) is 0.935. The summed E-state index contributed by atoms with van der Waals surface area (Å²) in [6, 6.07) is 7.50. The van der Waals surface area contributed by atoms with Gasteiger partial charge in [-0.3, -0.25) is 0 Å². The largest absolute Gasteiger partial charge is 0.481 e. The van der Waals surface area contributed by atoms with Crippen molar-refractivity contribution in [1.29, 1.82) is 0 Å². The van der Waals surface area contributed by atoms with Gasteiger partial charge in [-0.05, 0) is 24.1 Å². The summed E-state index contributed by atoms with van der Waals surface area (Å²) in [4.78, 5) is 0. The van der Waals surface area contributed by atoms with E-state index >= 15 is 0 Å². The van der Waals surface area contributed by atoms with Gasteiger partial charge < -0.3 is 10.5 Å². The van der Waals surface area contributed by atoms with E-state index in [9.17, 15) is 0 Å². The van der Waals surface area contributed by atoms with Crippen LogP contribution in [0.1, 0.15) is 31.0 Å². The topological polar surface area (TPSA) is 53.1 Å². The summed E-state index contributed by atoms with van der Waals surface area (Å²) in [6.07, 6.45) is 0. The van der Waals surface area contributed by atoms with Gasteiger partial charge in [0.1, 0.15) is 0 Å². The van der Waals surface area contributed by atoms with Crippen molar-refractivity contribution in [2.75, 3.05) is 7.11 Å². The number of methoxy groups -OCH3 is 1. The average Bonchev–Trinajstić information content (AvgIpc) is 2.77. The monoisotopic (exact) mass is 279 g/mol. The van der Waals surface area contributed by atoms with Crippen LogP contribution >= 0.6 is 11.6 Å². The lowest BCUT2D eigenvalue weighted by Gasteiger charge is -2.07. The van der Waals surface area contributed by atoms with Gasteiger partial charge in [0.15, 0.2) is 0 Å². The highest BCUT2D eigenvalue weighted by atomic mass is 35.5. The van der Waals surface area contributed by atoms with Crippen LogP contribution in [0.4, 0.5) is 0 Å². The first-order valence-corrected chi connectivity index (χ1v) is 6.58. The summed E-state index contributed by atoms with van der Waals surface area (Å²) in [5.74, 6) is 0.960. The maximum absolute atomic E-state index is 6.03. The van der Waals surface area contributed by atoms with Gasteiger partial charge >= 0.3 is 0 Å². The first-order valence-electron chi connectivity index (χ1n) is 6.20. The van der Waals surface area contributed by atoms with Crippen LogP contribution in [-0.2, 0) is 6.54 Å². The zero-order valence-electron chi connectivity index (χ0n) is 11.4. The van der Waals surface area contributed by atoms with Crippen molar-refractivity contribution in [2.24, 2.45) is 5.73 Å². The van der Waals surface area contributed by atoms with Gasteiger partial charge in [-0.15, -0.1) is 0 Å². The molecule has 1 aromatic carbocycles. The van der Waals surface area contributed by atoms with Crippen LogP contribution < -0.4 is 10.5 Å². The maximum atomic E-state index is 6.03. The zero-order valence-corrected chi connectivity index (χ0v) is 12.1. The van der Waals surface area contributed by atoms with Crippen LogP contribution in [0.25, 0.3) is 5.69 Å². The molecule has 4 nitrogen and oxygen atoms in total. The van der Waals surface area contributed by atoms with Gasteiger partial charge in [-0.2, -0.15) is 5.10 Å². The Morgan fingerprint density at radius 2 is 2.16 bits per heavy atom. The molecule has 0 saturated heterocycles. The molecule has 2 rings (SSSR count). The van der Waals surface area contributed by atoms with Crippen LogP contribution in [0.2, 0.25) is 5.02 Å². The molecule has 2 aromatic rings. The highest BCUT2D eigenvalue weighted by Crippen LogP contribution is 2.30. The van der Waals surface area contributed by atoms with E-state index in [0.717, 1.165) is 16.9 Å². The Hall–Kier alpha value is -1.52. The third-order valence-electron chi connectivity index (χ3n) is 2.96. The molecule has 0 unspecified atom stereocenters. The van der Waals surface area contributed by atoms with Crippen LogP contribution in [0, 0.1) is 0 Å². The summed E-state index contributed by atoms with van der Waals surface area (Å²) in [5.41, 5.74) is 8.59. The number of hydrogen-bond acceptors (Lipinski definition) is 3. The standard InChI is InChI=1S/C14H18ClN3O/c1-9(2)13-12(8-16)14(19-3)18(17-13)11-6-4-5-10(15)7-11/h4-7,9H,8,16H2,1-3H3. The molecule has 0 aliphatic heterocycles. The molecule has 2 N–H and O–H groups in total. The van der Waals surface area contributed by atoms with Crippen molar-refractivity contribution in [3.63, 3.8) is 0 Å². The number of hydrogen-bond donors (Lipinski definition) is 1. The van der Waals surface area contributed by atoms with E-state index in [1.165, 1.54) is 0 Å². The Kier molecular flexibility index (Phi) is 4.12. The van der Waals surface area contributed by atoms with Crippen LogP contribution in [0.15, 0.2) is 24.3 Å². The van der Waals surface area contributed by atoms with Gasteiger partial charge in [-0.25, -0.2) is 4.68 Å². The Morgan fingerprint density at radius 3 is 2.68 bits per heavy atom. The Morgan fingerprint density at radius 1 is 1.42 bits per heavy atom. The van der Waals surface area contributed by atoms with Gasteiger partial charge in [0.25, 0.3) is 0 Å². The first kappa shape index (κ1) is 13.9. The molecule has 102 valence electrons. The Labute approximate surface area is 118 Å². The van der Waals surface area contributed by atoms with E-state index < -0.39 is 0 Å². The highest BCUT2D eigenvalue weighted by Gasteiger charge is 2.20. The first-order chi connectivity index (χ1) is 9.08. The van der Waals surface area contributed by atoms with Crippen molar-refractivity contribution in [3.8, 4) is 11.6 Å². The molecule has 0 aliphatic rings. The summed E-state index contributed by atoms with van der Waals surface area (Å²) in [6.45, 7) is 4.57. The molecule has 1 aromatic heterocycles. The molecule has 0 bridgehead atoms. The number of nitrogens with two attached hydrogens (primary N) is 1. The molecule has 5 heteroatoms. The smallest absolute Gasteiger partial charge is 0.221 e. The average molecular weight is 280 g/mol. The summed E-state index contributed by atoms with van der Waals surface area (Å²) < 4.78 is 7.22. The highest BCUT2D eigenvalue weighted by molar-refractivity contribution is 6.30. The van der Waals surface area contributed by atoms with Crippen LogP contribution in [0.3, 0.4) is 0 Å². The summed E-state index contributed by atoms with van der Waals surface area (Å²) >= 11 is 6.03. The number of benzene rings is 1. The lowest BCUT2D eigenvalue weighted by Crippen LogP contribution is -2.03. The molecule has 0 radical (unpaired) electrons. The molecular formula is C14H18ClN3O. The van der Waals surface area contributed by atoms with Crippen molar-refractivity contribution in [3.05, 3.63) is 40.5 Å². The van der Waals surface area contributed by atoms with Gasteiger partial charge in [0.05, 0.1) is 24.1 Å². The predicted octanol–water partition coefficient (Wildman–Crippen LogP) is 3.12. The van der Waals surface area contributed by atoms with Crippen molar-refractivity contribution in [2.45, 2.75) is 26.3 Å². The molecule has 1 heterocycles. The fourth-order valence-corrected chi connectivity index (χ4v) is 2.28. The molecule has 0 fully saturated rings. The minimum Gasteiger partial charge on any atom is -0.481 e. The van der Waals surface area contributed by atoms with Crippen molar-refractivity contribution < 1.29 is 4.74 Å². The van der Waals surface area contributed by atoms with Crippen molar-refractivity contribution in [1.82, 2.24) is 9.78 Å². The second-order valence-electron chi connectivity index (χ2n) is 4.62. The van der Waals surface area contributed by atoms with Crippen LogP contribution in [-0.4, -0.2) is 16.9 Å². The minimum absolute atomic E-state index is 0.285. The molecule has 0 spiro atoms. The molecule has 0 saturated carbocycles. The normalized spacial score (nSPS) is 11.1. The van der Waals surface area contributed by atoms with E-state index in [2.05, 4.69) is 18.9 Å². The lowest BCUT2D eigenvalue weighted by atomic mass is 10.1. The van der Waals surface area contributed by atoms with E-state index in [-0.39, 0.29) is 5.92 Å². The zero-order chi connectivity index (χ0) is 14.0. The summed E-state index contributed by atoms with van der Waals surface area (Å²) in [5, 5.41) is 5.28. The second kappa shape index (κ2) is 5.63. The third-order valence-corrected chi connectivity index (χ3v) is 3.20. The lowest BCUT2D eigenvalue weighted by molar-refractivity contribution is 0.379. The number of rotatable bonds is 4. The minimum atomic E-state index is 0.285. The molecular weight excluding hydrogens is 262 g/mol. The van der Waals surface area contributed by atoms with E-state index in [1.54, 1.807) is 11.8 Å². The predicted molar refractivity (Wildman–Crippen MR) is 77.1 cm³/mol. The van der Waals surface area contributed by atoms with Gasteiger partial charge in [0.2, 0.25) is 5.88 Å². The molecule has 0 amide bonds. The third kappa shape index (κ3) is 2.60. The fourth-order valence-electron chi connectivity index (χ4n) is 2.10. The molecule has 0 atom stereocenters. The molecule has 19 heavy (non-hydrogen) atoms. The number of aromatic nitrogens is 2. The van der Waals surface area contributed by atoms with E-state index in [0.29, 0.717) is 17.4 Å². The van der Waals surface area contributed by atoms with E-state index in [1.807, 2.05) is 24.3 Å². The SMILES string of the molecule is COc1c(CN)c(C(C)C)nn1-c1cccc(Cl)c1. The van der Waals surface area contributed by atoms with Crippen molar-refractivity contribution >= 4 is 11.6 Å². The van der Waals surface area contributed by atoms with Crippen LogP contribution in [0.5, 0.6) is 5.88 Å². The Bertz CT molecular complexity index is 578. The van der Waals surface area contributed by atoms with E-state index in [4.69, 9.17) is 22.1 Å². The maximum Gasteiger partial charge on any atom is 0.221 e. The fraction of sp³-hybridized carbons (Fsp3) is 0.357. The van der Waals surface area contributed by atoms with Gasteiger partial charge in [-0.1, -0.05) is 31.5 Å². The number of halogens is 1. The molecule has 0 aliphatic carbocycles.